The second-order valence-corrected chi connectivity index (χ2v) is 6.94. The van der Waals surface area contributed by atoms with E-state index in [0.29, 0.717) is 42.8 Å². The van der Waals surface area contributed by atoms with E-state index in [1.807, 2.05) is 6.07 Å². The average Bonchev–Trinajstić information content (AvgIpc) is 2.99. The van der Waals surface area contributed by atoms with E-state index >= 15 is 0 Å². The SMILES string of the molecule is Cn1cc([N+](=O)[O-])c(C(=O)N2CCN(Cc3ccc(Cl)cc3Cl)CC2)n1. The van der Waals surface area contributed by atoms with Gasteiger partial charge >= 0.3 is 5.69 Å². The Labute approximate surface area is 160 Å². The van der Waals surface area contributed by atoms with E-state index in [2.05, 4.69) is 10.00 Å². The van der Waals surface area contributed by atoms with Crippen LogP contribution >= 0.6 is 23.2 Å². The van der Waals surface area contributed by atoms with Crippen LogP contribution in [-0.4, -0.2) is 56.6 Å². The number of halogens is 2. The summed E-state index contributed by atoms with van der Waals surface area (Å²) >= 11 is 12.1. The molecule has 1 aliphatic heterocycles. The Morgan fingerprint density at radius 3 is 2.58 bits per heavy atom. The van der Waals surface area contributed by atoms with Gasteiger partial charge in [0.1, 0.15) is 6.20 Å². The van der Waals surface area contributed by atoms with Gasteiger partial charge in [0, 0.05) is 49.8 Å². The van der Waals surface area contributed by atoms with Gasteiger partial charge in [0.25, 0.3) is 5.91 Å². The summed E-state index contributed by atoms with van der Waals surface area (Å²) in [5.74, 6) is -0.415. The zero-order valence-corrected chi connectivity index (χ0v) is 15.6. The lowest BCUT2D eigenvalue weighted by atomic mass is 10.2. The average molecular weight is 398 g/mol. The molecule has 8 nitrogen and oxygen atoms in total. The summed E-state index contributed by atoms with van der Waals surface area (Å²) in [6.45, 7) is 2.88. The molecule has 10 heteroatoms. The van der Waals surface area contributed by atoms with E-state index in [1.165, 1.54) is 10.9 Å². The molecule has 0 N–H and O–H groups in total. The molecule has 2 heterocycles. The van der Waals surface area contributed by atoms with E-state index in [9.17, 15) is 14.9 Å². The number of carbonyl (C=O) groups is 1. The molecule has 1 aromatic heterocycles. The largest absolute Gasteiger partial charge is 0.334 e. The van der Waals surface area contributed by atoms with Crippen molar-refractivity contribution < 1.29 is 9.72 Å². The lowest BCUT2D eigenvalue weighted by molar-refractivity contribution is -0.385. The molecule has 3 rings (SSSR count). The van der Waals surface area contributed by atoms with Gasteiger partial charge in [-0.1, -0.05) is 29.3 Å². The van der Waals surface area contributed by atoms with Crippen LogP contribution in [0.15, 0.2) is 24.4 Å². The van der Waals surface area contributed by atoms with Gasteiger partial charge in [-0.05, 0) is 17.7 Å². The van der Waals surface area contributed by atoms with Gasteiger partial charge in [-0.2, -0.15) is 5.10 Å². The molecule has 1 fully saturated rings. The van der Waals surface area contributed by atoms with Crippen molar-refractivity contribution in [1.29, 1.82) is 0 Å². The number of rotatable bonds is 4. The molecule has 0 bridgehead atoms. The van der Waals surface area contributed by atoms with Crippen LogP contribution in [0.5, 0.6) is 0 Å². The van der Waals surface area contributed by atoms with Gasteiger partial charge in [0.2, 0.25) is 5.69 Å². The summed E-state index contributed by atoms with van der Waals surface area (Å²) in [5.41, 5.74) is 0.579. The summed E-state index contributed by atoms with van der Waals surface area (Å²) in [6.07, 6.45) is 1.24. The van der Waals surface area contributed by atoms with Gasteiger partial charge < -0.3 is 4.90 Å². The van der Waals surface area contributed by atoms with Crippen LogP contribution in [0.1, 0.15) is 16.1 Å². The molecule has 26 heavy (non-hydrogen) atoms. The van der Waals surface area contributed by atoms with Crippen molar-refractivity contribution in [2.24, 2.45) is 7.05 Å². The minimum Gasteiger partial charge on any atom is -0.334 e. The summed E-state index contributed by atoms with van der Waals surface area (Å²) < 4.78 is 1.28. The Bertz CT molecular complexity index is 846. The molecule has 138 valence electrons. The number of nitrogens with zero attached hydrogens (tertiary/aromatic N) is 5. The molecule has 2 aromatic rings. The van der Waals surface area contributed by atoms with Gasteiger partial charge in [-0.25, -0.2) is 0 Å². The highest BCUT2D eigenvalue weighted by atomic mass is 35.5. The third-order valence-corrected chi connectivity index (χ3v) is 4.86. The standard InChI is InChI=1S/C16H17Cl2N5O3/c1-20-10-14(23(25)26)15(19-20)16(24)22-6-4-21(5-7-22)9-11-2-3-12(17)8-13(11)18/h2-3,8,10H,4-7,9H2,1H3. The maximum Gasteiger partial charge on any atom is 0.320 e. The normalized spacial score (nSPS) is 15.3. The minimum absolute atomic E-state index is 0.119. The number of aromatic nitrogens is 2. The maximum atomic E-state index is 12.6. The van der Waals surface area contributed by atoms with Crippen LogP contribution in [0.4, 0.5) is 5.69 Å². The van der Waals surface area contributed by atoms with E-state index in [-0.39, 0.29) is 11.4 Å². The molecule has 1 aromatic carbocycles. The number of amides is 1. The first kappa shape index (κ1) is 18.6. The van der Waals surface area contributed by atoms with Crippen LogP contribution in [-0.2, 0) is 13.6 Å². The van der Waals surface area contributed by atoms with E-state index < -0.39 is 10.8 Å². The highest BCUT2D eigenvalue weighted by Gasteiger charge is 2.30. The van der Waals surface area contributed by atoms with Crippen LogP contribution in [0.3, 0.4) is 0 Å². The van der Waals surface area contributed by atoms with Crippen LogP contribution < -0.4 is 0 Å². The number of carbonyl (C=O) groups excluding carboxylic acids is 1. The number of aryl methyl sites for hydroxylation is 1. The predicted octanol–water partition coefficient (Wildman–Crippen LogP) is 2.59. The second kappa shape index (κ2) is 7.61. The van der Waals surface area contributed by atoms with Crippen LogP contribution in [0, 0.1) is 10.1 Å². The monoisotopic (exact) mass is 397 g/mol. The Morgan fingerprint density at radius 1 is 1.27 bits per heavy atom. The van der Waals surface area contributed by atoms with Crippen molar-refractivity contribution in [3.05, 3.63) is 55.8 Å². The highest BCUT2D eigenvalue weighted by molar-refractivity contribution is 6.35. The van der Waals surface area contributed by atoms with Crippen molar-refractivity contribution in [3.8, 4) is 0 Å². The summed E-state index contributed by atoms with van der Waals surface area (Å²) in [4.78, 5) is 26.9. The summed E-state index contributed by atoms with van der Waals surface area (Å²) in [5, 5.41) is 16.2. The van der Waals surface area contributed by atoms with E-state index in [0.717, 1.165) is 5.56 Å². The van der Waals surface area contributed by atoms with Crippen molar-refractivity contribution >= 4 is 34.8 Å². The van der Waals surface area contributed by atoms with Crippen LogP contribution in [0.25, 0.3) is 0 Å². The van der Waals surface area contributed by atoms with E-state index in [4.69, 9.17) is 23.2 Å². The quantitative estimate of drug-likeness (QED) is 0.584. The number of hydrogen-bond acceptors (Lipinski definition) is 5. The van der Waals surface area contributed by atoms with Crippen molar-refractivity contribution in [2.75, 3.05) is 26.2 Å². The fourth-order valence-corrected chi connectivity index (χ4v) is 3.38. The first-order valence-electron chi connectivity index (χ1n) is 7.98. The molecule has 0 aliphatic carbocycles. The first-order chi connectivity index (χ1) is 12.3. The molecule has 1 amide bonds. The predicted molar refractivity (Wildman–Crippen MR) is 97.5 cm³/mol. The third-order valence-electron chi connectivity index (χ3n) is 4.28. The highest BCUT2D eigenvalue weighted by Crippen LogP contribution is 2.23. The lowest BCUT2D eigenvalue weighted by Gasteiger charge is -2.34. The Morgan fingerprint density at radius 2 is 1.96 bits per heavy atom. The van der Waals surface area contributed by atoms with E-state index in [1.54, 1.807) is 24.1 Å². The van der Waals surface area contributed by atoms with Crippen molar-refractivity contribution in [3.63, 3.8) is 0 Å². The van der Waals surface area contributed by atoms with Gasteiger partial charge in [0.15, 0.2) is 0 Å². The second-order valence-electron chi connectivity index (χ2n) is 6.10. The molecule has 0 radical (unpaired) electrons. The molecular formula is C16H17Cl2N5O3. The molecule has 1 saturated heterocycles. The van der Waals surface area contributed by atoms with Crippen LogP contribution in [0.2, 0.25) is 10.0 Å². The number of piperazine rings is 1. The topological polar surface area (TPSA) is 84.5 Å². The third kappa shape index (κ3) is 3.98. The number of hydrogen-bond donors (Lipinski definition) is 0. The van der Waals surface area contributed by atoms with Gasteiger partial charge in [-0.3, -0.25) is 24.5 Å². The molecule has 0 unspecified atom stereocenters. The Hall–Kier alpha value is -2.16. The zero-order chi connectivity index (χ0) is 18.8. The lowest BCUT2D eigenvalue weighted by Crippen LogP contribution is -2.48. The van der Waals surface area contributed by atoms with Crippen molar-refractivity contribution in [1.82, 2.24) is 19.6 Å². The van der Waals surface area contributed by atoms with Gasteiger partial charge in [0.05, 0.1) is 4.92 Å². The first-order valence-corrected chi connectivity index (χ1v) is 8.74. The molecular weight excluding hydrogens is 381 g/mol. The van der Waals surface area contributed by atoms with Gasteiger partial charge in [-0.15, -0.1) is 0 Å². The smallest absolute Gasteiger partial charge is 0.320 e. The maximum absolute atomic E-state index is 12.6. The zero-order valence-electron chi connectivity index (χ0n) is 14.1. The summed E-state index contributed by atoms with van der Waals surface area (Å²) in [6, 6.07) is 5.39. The van der Waals surface area contributed by atoms with Crippen molar-refractivity contribution in [2.45, 2.75) is 6.54 Å². The molecule has 1 aliphatic rings. The summed E-state index contributed by atoms with van der Waals surface area (Å²) in [7, 11) is 1.55. The molecule has 0 saturated carbocycles. The minimum atomic E-state index is -0.584. The molecule has 0 atom stereocenters. The Balaban J connectivity index is 1.63. The number of nitro groups is 1. The fraction of sp³-hybridized carbons (Fsp3) is 0.375. The molecule has 0 spiro atoms. The fourth-order valence-electron chi connectivity index (χ4n) is 2.91. The Kier molecular flexibility index (Phi) is 5.45. The number of benzene rings is 1.